The second kappa shape index (κ2) is 14.9. The zero-order valence-electron chi connectivity index (χ0n) is 22.6. The van der Waals surface area contributed by atoms with Gasteiger partial charge in [0.25, 0.3) is 0 Å². The highest BCUT2D eigenvalue weighted by atomic mass is 28.4. The maximum absolute atomic E-state index is 5.64. The molecule has 0 unspecified atom stereocenters. The molecular weight excluding hydrogens is 492 g/mol. The van der Waals surface area contributed by atoms with Gasteiger partial charge in [0.1, 0.15) is 0 Å². The van der Waals surface area contributed by atoms with Crippen LogP contribution >= 0.6 is 0 Å². The first-order chi connectivity index (χ1) is 16.2. The molecule has 0 saturated heterocycles. The van der Waals surface area contributed by atoms with Gasteiger partial charge in [-0.15, -0.1) is 0 Å². The van der Waals surface area contributed by atoms with E-state index in [2.05, 4.69) is 19.1 Å². The van der Waals surface area contributed by atoms with Gasteiger partial charge in [-0.2, -0.15) is 0 Å². The van der Waals surface area contributed by atoms with Crippen molar-refractivity contribution in [3.63, 3.8) is 0 Å². The highest BCUT2D eigenvalue weighted by molar-refractivity contribution is 6.61. The summed E-state index contributed by atoms with van der Waals surface area (Å²) in [6.45, 7) is 2.15. The Kier molecular flexibility index (Phi) is 13.8. The Morgan fingerprint density at radius 1 is 0.471 bits per heavy atom. The summed E-state index contributed by atoms with van der Waals surface area (Å²) in [5.41, 5.74) is 4.89. The van der Waals surface area contributed by atoms with Crippen molar-refractivity contribution in [3.05, 3.63) is 34.4 Å². The molecular formula is C22H44O9Si3. The van der Waals surface area contributed by atoms with E-state index >= 15 is 0 Å². The van der Waals surface area contributed by atoms with Gasteiger partial charge in [0, 0.05) is 82.1 Å². The molecule has 0 aliphatic heterocycles. The Hall–Kier alpha value is -0.489. The summed E-state index contributed by atoms with van der Waals surface area (Å²) in [7, 11) is 6.69. The van der Waals surface area contributed by atoms with Crippen molar-refractivity contribution >= 4 is 26.4 Å². The van der Waals surface area contributed by atoms with E-state index in [0.29, 0.717) is 18.1 Å². The van der Waals surface area contributed by atoms with Crippen molar-refractivity contribution in [1.82, 2.24) is 0 Å². The third-order valence-electron chi connectivity index (χ3n) is 6.60. The van der Waals surface area contributed by atoms with Crippen LogP contribution < -0.4 is 0 Å². The van der Waals surface area contributed by atoms with E-state index in [1.165, 1.54) is 22.3 Å². The van der Waals surface area contributed by atoms with E-state index in [4.69, 9.17) is 39.8 Å². The summed E-state index contributed by atoms with van der Waals surface area (Å²) in [5.74, 6) is 0. The highest BCUT2D eigenvalue weighted by Crippen LogP contribution is 2.27. The van der Waals surface area contributed by atoms with E-state index in [1.807, 2.05) is 0 Å². The summed E-state index contributed by atoms with van der Waals surface area (Å²) < 4.78 is 50.7. The molecule has 0 atom stereocenters. The Morgan fingerprint density at radius 3 is 1.00 bits per heavy atom. The van der Waals surface area contributed by atoms with Crippen molar-refractivity contribution in [1.29, 1.82) is 0 Å². The van der Waals surface area contributed by atoms with Crippen LogP contribution in [-0.4, -0.2) is 90.4 Å². The molecule has 0 N–H and O–H groups in total. The van der Waals surface area contributed by atoms with Gasteiger partial charge in [0.15, 0.2) is 0 Å². The summed E-state index contributed by atoms with van der Waals surface area (Å²) in [6.07, 6.45) is 2.32. The summed E-state index contributed by atoms with van der Waals surface area (Å²) in [4.78, 5) is 0. The second-order valence-corrected chi connectivity index (χ2v) is 17.2. The first-order valence-electron chi connectivity index (χ1n) is 11.3. The van der Waals surface area contributed by atoms with Crippen molar-refractivity contribution < 1.29 is 39.8 Å². The van der Waals surface area contributed by atoms with Gasteiger partial charge >= 0.3 is 26.4 Å². The molecule has 0 bridgehead atoms. The van der Waals surface area contributed by atoms with Crippen molar-refractivity contribution in [2.24, 2.45) is 0 Å². The van der Waals surface area contributed by atoms with Gasteiger partial charge in [0.05, 0.1) is 0 Å². The van der Waals surface area contributed by atoms with Crippen LogP contribution in [0.15, 0.2) is 12.1 Å². The molecule has 0 radical (unpaired) electrons. The van der Waals surface area contributed by atoms with Gasteiger partial charge < -0.3 is 39.8 Å². The van der Waals surface area contributed by atoms with Crippen LogP contribution in [-0.2, 0) is 59.1 Å². The quantitative estimate of drug-likeness (QED) is 0.263. The molecule has 0 aliphatic carbocycles. The van der Waals surface area contributed by atoms with Crippen LogP contribution in [0.25, 0.3) is 0 Å². The molecule has 0 spiro atoms. The first-order valence-corrected chi connectivity index (χ1v) is 17.1. The van der Waals surface area contributed by atoms with Gasteiger partial charge in [-0.05, 0) is 48.4 Å². The monoisotopic (exact) mass is 536 g/mol. The van der Waals surface area contributed by atoms with Crippen LogP contribution in [0, 0.1) is 6.92 Å². The number of rotatable bonds is 18. The average molecular weight is 537 g/mol. The van der Waals surface area contributed by atoms with Crippen molar-refractivity contribution in [3.8, 4) is 0 Å². The SMILES string of the molecule is CO[Si](CCc1cc(CC[Si](OC)(OC)OC)c(C)c(CC[Si](OC)(OC)OC)c1)(OC)OC. The minimum Gasteiger partial charge on any atom is -0.377 e. The summed E-state index contributed by atoms with van der Waals surface area (Å²) in [6, 6.07) is 6.53. The van der Waals surface area contributed by atoms with Crippen LogP contribution in [0.2, 0.25) is 18.1 Å². The Bertz CT molecular complexity index is 654. The fourth-order valence-corrected chi connectivity index (χ4v) is 9.20. The molecule has 1 rings (SSSR count). The normalized spacial score (nSPS) is 13.0. The van der Waals surface area contributed by atoms with E-state index in [-0.39, 0.29) is 0 Å². The first kappa shape index (κ1) is 31.5. The molecule has 0 aliphatic rings. The summed E-state index contributed by atoms with van der Waals surface area (Å²) in [5, 5.41) is 0. The van der Waals surface area contributed by atoms with Crippen LogP contribution in [0.5, 0.6) is 0 Å². The zero-order valence-corrected chi connectivity index (χ0v) is 25.6. The minimum absolute atomic E-state index is 0.679. The molecule has 0 saturated carbocycles. The Morgan fingerprint density at radius 2 is 0.735 bits per heavy atom. The lowest BCUT2D eigenvalue weighted by Gasteiger charge is -2.27. The standard InChI is InChI=1S/C22H44O9Si3/c1-19-21(12-15-33(26-5,27-6)28-7)17-20(11-14-32(23-2,24-3)25-4)18-22(19)13-16-34(29-8,30-9)31-10/h17-18H,11-16H2,1-10H3. The third-order valence-corrected chi connectivity index (χ3v) is 14.8. The third kappa shape index (κ3) is 8.01. The Balaban J connectivity index is 3.29. The predicted molar refractivity (Wildman–Crippen MR) is 137 cm³/mol. The van der Waals surface area contributed by atoms with Crippen LogP contribution in [0.4, 0.5) is 0 Å². The van der Waals surface area contributed by atoms with Crippen LogP contribution in [0.3, 0.4) is 0 Å². The number of hydrogen-bond acceptors (Lipinski definition) is 9. The van der Waals surface area contributed by atoms with E-state index in [1.54, 1.807) is 64.0 Å². The maximum atomic E-state index is 5.64. The Labute approximate surface area is 209 Å². The lowest BCUT2D eigenvalue weighted by atomic mass is 9.95. The smallest absolute Gasteiger partial charge is 0.377 e. The van der Waals surface area contributed by atoms with Gasteiger partial charge in [-0.25, -0.2) is 0 Å². The van der Waals surface area contributed by atoms with E-state index < -0.39 is 26.4 Å². The lowest BCUT2D eigenvalue weighted by molar-refractivity contribution is 0.123. The zero-order chi connectivity index (χ0) is 25.8. The van der Waals surface area contributed by atoms with E-state index in [9.17, 15) is 0 Å². The number of benzene rings is 1. The molecule has 0 fully saturated rings. The second-order valence-electron chi connectivity index (χ2n) is 7.93. The maximum Gasteiger partial charge on any atom is 0.500 e. The molecule has 198 valence electrons. The predicted octanol–water partition coefficient (Wildman–Crippen LogP) is 3.26. The van der Waals surface area contributed by atoms with Gasteiger partial charge in [0.2, 0.25) is 0 Å². The number of hydrogen-bond donors (Lipinski definition) is 0. The molecule has 0 amide bonds. The molecule has 1 aromatic carbocycles. The molecule has 1 aromatic rings. The molecule has 12 heteroatoms. The average Bonchev–Trinajstić information content (AvgIpc) is 2.89. The van der Waals surface area contributed by atoms with Gasteiger partial charge in [-0.3, -0.25) is 0 Å². The largest absolute Gasteiger partial charge is 0.500 e. The van der Waals surface area contributed by atoms with Crippen molar-refractivity contribution in [2.75, 3.05) is 64.0 Å². The highest BCUT2D eigenvalue weighted by Gasteiger charge is 2.39. The van der Waals surface area contributed by atoms with Crippen molar-refractivity contribution in [2.45, 2.75) is 44.3 Å². The fourth-order valence-electron chi connectivity index (χ4n) is 4.12. The summed E-state index contributed by atoms with van der Waals surface area (Å²) >= 11 is 0. The van der Waals surface area contributed by atoms with Crippen LogP contribution in [0.1, 0.15) is 22.3 Å². The molecule has 0 aromatic heterocycles. The molecule has 9 nitrogen and oxygen atoms in total. The number of aryl methyl sites for hydroxylation is 3. The fraction of sp³-hybridized carbons (Fsp3) is 0.727. The topological polar surface area (TPSA) is 83.1 Å². The van der Waals surface area contributed by atoms with E-state index in [0.717, 1.165) is 19.3 Å². The molecule has 34 heavy (non-hydrogen) atoms. The lowest BCUT2D eigenvalue weighted by Crippen LogP contribution is -2.43. The minimum atomic E-state index is -2.70. The molecule has 0 heterocycles. The van der Waals surface area contributed by atoms with Gasteiger partial charge in [-0.1, -0.05) is 12.1 Å².